The third-order valence-corrected chi connectivity index (χ3v) is 8.15. The minimum Gasteiger partial charge on any atom is -0.379 e. The second kappa shape index (κ2) is 43.6. The molecular formula is C42H75NO14. The van der Waals surface area contributed by atoms with E-state index in [-0.39, 0.29) is 17.5 Å². The standard InChI is InChI=1S/C42H75NO14/c1-39(38-40-8-4-3-5-9-40)42(45)11-7-14-46-16-18-48-20-22-50-24-26-52-28-30-54-32-34-56-36-37-57-35-33-55-31-29-53-27-25-51-23-21-49-19-17-47-15-12-41(44)10-6-13-43-2/h3-5,8-9,39,43H,6-7,10-38H2,1-2H3/t39-/m0/s1. The van der Waals surface area contributed by atoms with Crippen LogP contribution < -0.4 is 5.32 Å². The molecule has 0 aliphatic heterocycles. The number of hydrogen-bond donors (Lipinski definition) is 1. The molecule has 0 heterocycles. The Balaban J connectivity index is 1.65. The first-order valence-corrected chi connectivity index (χ1v) is 20.8. The zero-order valence-corrected chi connectivity index (χ0v) is 35.1. The summed E-state index contributed by atoms with van der Waals surface area (Å²) in [5.74, 6) is 0.544. The average Bonchev–Trinajstić information content (AvgIpc) is 3.22. The lowest BCUT2D eigenvalue weighted by molar-refractivity contribution is -0.123. The molecule has 0 amide bonds. The molecule has 15 heteroatoms. The number of ether oxygens (including phenoxy) is 12. The van der Waals surface area contributed by atoms with Gasteiger partial charge in [0.2, 0.25) is 0 Å². The third kappa shape index (κ3) is 39.3. The van der Waals surface area contributed by atoms with Crippen LogP contribution in [0.5, 0.6) is 0 Å². The molecule has 0 unspecified atom stereocenters. The predicted octanol–water partition coefficient (Wildman–Crippen LogP) is 3.37. The minimum atomic E-state index is 0.0268. The van der Waals surface area contributed by atoms with Crippen molar-refractivity contribution in [2.24, 2.45) is 5.92 Å². The van der Waals surface area contributed by atoms with Crippen molar-refractivity contribution in [3.8, 4) is 0 Å². The van der Waals surface area contributed by atoms with Crippen LogP contribution in [-0.2, 0) is 72.9 Å². The monoisotopic (exact) mass is 818 g/mol. The highest BCUT2D eigenvalue weighted by molar-refractivity contribution is 5.80. The second-order valence-electron chi connectivity index (χ2n) is 13.0. The molecule has 15 nitrogen and oxygen atoms in total. The lowest BCUT2D eigenvalue weighted by Crippen LogP contribution is -2.16. The molecule has 1 atom stereocenters. The Bertz CT molecular complexity index is 993. The molecule has 0 spiro atoms. The zero-order chi connectivity index (χ0) is 41.0. The maximum Gasteiger partial charge on any atom is 0.136 e. The number of carbonyl (C=O) groups excluding carboxylic acids is 2. The first-order chi connectivity index (χ1) is 28.1. The molecule has 0 aromatic heterocycles. The van der Waals surface area contributed by atoms with Gasteiger partial charge < -0.3 is 62.2 Å². The third-order valence-electron chi connectivity index (χ3n) is 8.15. The van der Waals surface area contributed by atoms with E-state index in [0.29, 0.717) is 178 Å². The van der Waals surface area contributed by atoms with Crippen LogP contribution in [0.3, 0.4) is 0 Å². The molecule has 0 aliphatic rings. The fraction of sp³-hybridized carbons (Fsp3) is 0.810. The molecule has 1 N–H and O–H groups in total. The number of carbonyl (C=O) groups is 2. The van der Waals surface area contributed by atoms with Crippen LogP contribution in [0.15, 0.2) is 30.3 Å². The van der Waals surface area contributed by atoms with Gasteiger partial charge in [0.15, 0.2) is 0 Å². The maximum atomic E-state index is 12.3. The van der Waals surface area contributed by atoms with Gasteiger partial charge in [-0.25, -0.2) is 0 Å². The lowest BCUT2D eigenvalue weighted by Gasteiger charge is -2.11. The summed E-state index contributed by atoms with van der Waals surface area (Å²) in [5.41, 5.74) is 1.19. The van der Waals surface area contributed by atoms with Crippen molar-refractivity contribution in [2.75, 3.05) is 172 Å². The van der Waals surface area contributed by atoms with E-state index in [1.807, 2.05) is 32.2 Å². The summed E-state index contributed by atoms with van der Waals surface area (Å²) < 4.78 is 66.0. The van der Waals surface area contributed by atoms with Gasteiger partial charge in [0.05, 0.1) is 152 Å². The number of Topliss-reactive ketones (excluding diaryl/α,β-unsaturated/α-hetero) is 2. The topological polar surface area (TPSA) is 157 Å². The van der Waals surface area contributed by atoms with Crippen LogP contribution >= 0.6 is 0 Å². The first kappa shape index (κ1) is 53.1. The number of hydrogen-bond acceptors (Lipinski definition) is 15. The zero-order valence-electron chi connectivity index (χ0n) is 35.1. The van der Waals surface area contributed by atoms with Crippen molar-refractivity contribution < 1.29 is 66.4 Å². The molecule has 1 rings (SSSR count). The fourth-order valence-corrected chi connectivity index (χ4v) is 4.97. The Kier molecular flexibility index (Phi) is 40.6. The number of benzene rings is 1. The first-order valence-electron chi connectivity index (χ1n) is 20.8. The highest BCUT2D eigenvalue weighted by atomic mass is 16.6. The quantitative estimate of drug-likeness (QED) is 0.0955. The van der Waals surface area contributed by atoms with Gasteiger partial charge in [-0.1, -0.05) is 37.3 Å². The van der Waals surface area contributed by atoms with Gasteiger partial charge in [-0.05, 0) is 38.4 Å². The van der Waals surface area contributed by atoms with Crippen LogP contribution in [-0.4, -0.2) is 184 Å². The SMILES string of the molecule is CNCCCC(=O)CCOCCOCCOCCOCCOCCOCCOCCOCCOCCOCCOCCOCCCC(=O)[C@@H](C)Cc1ccccc1. The molecule has 1 aromatic rings. The second-order valence-corrected chi connectivity index (χ2v) is 13.0. The van der Waals surface area contributed by atoms with Gasteiger partial charge in [0.25, 0.3) is 0 Å². The largest absolute Gasteiger partial charge is 0.379 e. The van der Waals surface area contributed by atoms with Crippen molar-refractivity contribution in [2.45, 2.75) is 45.4 Å². The normalized spacial score (nSPS) is 12.0. The van der Waals surface area contributed by atoms with Crippen LogP contribution in [0, 0.1) is 5.92 Å². The molecule has 57 heavy (non-hydrogen) atoms. The molecule has 0 saturated heterocycles. The number of ketones is 2. The summed E-state index contributed by atoms with van der Waals surface area (Å²) in [6.07, 6.45) is 3.97. The summed E-state index contributed by atoms with van der Waals surface area (Å²) in [5, 5.41) is 3.03. The number of rotatable bonds is 47. The van der Waals surface area contributed by atoms with Crippen molar-refractivity contribution in [1.82, 2.24) is 5.32 Å². The molecule has 332 valence electrons. The molecule has 0 bridgehead atoms. The van der Waals surface area contributed by atoms with E-state index < -0.39 is 0 Å². The maximum absolute atomic E-state index is 12.3. The molecular weight excluding hydrogens is 742 g/mol. The summed E-state index contributed by atoms with van der Waals surface area (Å²) in [6.45, 7) is 14.7. The van der Waals surface area contributed by atoms with Crippen LogP contribution in [0.1, 0.15) is 44.6 Å². The van der Waals surface area contributed by atoms with E-state index in [2.05, 4.69) is 17.4 Å². The van der Waals surface area contributed by atoms with Gasteiger partial charge in [-0.2, -0.15) is 0 Å². The Labute approximate surface area is 342 Å². The van der Waals surface area contributed by atoms with E-state index in [4.69, 9.17) is 56.8 Å². The summed E-state index contributed by atoms with van der Waals surface area (Å²) in [7, 11) is 1.88. The minimum absolute atomic E-state index is 0.0268. The van der Waals surface area contributed by atoms with Crippen molar-refractivity contribution in [3.63, 3.8) is 0 Å². The molecule has 0 saturated carbocycles. The van der Waals surface area contributed by atoms with Crippen molar-refractivity contribution in [3.05, 3.63) is 35.9 Å². The van der Waals surface area contributed by atoms with Gasteiger partial charge in [-0.3, -0.25) is 9.59 Å². The van der Waals surface area contributed by atoms with E-state index in [0.717, 1.165) is 25.8 Å². The Hall–Kier alpha value is -1.96. The Morgan fingerprint density at radius 2 is 0.772 bits per heavy atom. The highest BCUT2D eigenvalue weighted by Gasteiger charge is 2.13. The smallest absolute Gasteiger partial charge is 0.136 e. The van der Waals surface area contributed by atoms with Crippen LogP contribution in [0.2, 0.25) is 0 Å². The summed E-state index contributed by atoms with van der Waals surface area (Å²) >= 11 is 0. The van der Waals surface area contributed by atoms with E-state index in [9.17, 15) is 9.59 Å². The molecule has 1 aromatic carbocycles. The van der Waals surface area contributed by atoms with E-state index in [1.165, 1.54) is 5.56 Å². The van der Waals surface area contributed by atoms with Gasteiger partial charge in [-0.15, -0.1) is 0 Å². The summed E-state index contributed by atoms with van der Waals surface area (Å²) in [6, 6.07) is 10.1. The van der Waals surface area contributed by atoms with Gasteiger partial charge >= 0.3 is 0 Å². The van der Waals surface area contributed by atoms with E-state index in [1.54, 1.807) is 0 Å². The van der Waals surface area contributed by atoms with Gasteiger partial charge in [0.1, 0.15) is 11.6 Å². The lowest BCUT2D eigenvalue weighted by atomic mass is 9.95. The Morgan fingerprint density at radius 3 is 1.12 bits per heavy atom. The molecule has 0 fully saturated rings. The average molecular weight is 818 g/mol. The van der Waals surface area contributed by atoms with Gasteiger partial charge in [0, 0.05) is 31.8 Å². The Morgan fingerprint density at radius 1 is 0.439 bits per heavy atom. The fourth-order valence-electron chi connectivity index (χ4n) is 4.97. The predicted molar refractivity (Wildman–Crippen MR) is 216 cm³/mol. The molecule has 0 radical (unpaired) electrons. The molecule has 0 aliphatic carbocycles. The van der Waals surface area contributed by atoms with Crippen molar-refractivity contribution in [1.29, 1.82) is 0 Å². The highest BCUT2D eigenvalue weighted by Crippen LogP contribution is 2.12. The van der Waals surface area contributed by atoms with Crippen molar-refractivity contribution >= 4 is 11.6 Å². The van der Waals surface area contributed by atoms with Crippen LogP contribution in [0.4, 0.5) is 0 Å². The van der Waals surface area contributed by atoms with E-state index >= 15 is 0 Å². The van der Waals surface area contributed by atoms with Crippen LogP contribution in [0.25, 0.3) is 0 Å². The summed E-state index contributed by atoms with van der Waals surface area (Å²) in [4.78, 5) is 24.0. The number of nitrogens with one attached hydrogen (secondary N) is 1.